The summed E-state index contributed by atoms with van der Waals surface area (Å²) in [6, 6.07) is 0.805. The van der Waals surface area contributed by atoms with Crippen molar-refractivity contribution in [3.05, 3.63) is 29.3 Å². The molecule has 6 heteroatoms. The van der Waals surface area contributed by atoms with E-state index in [9.17, 15) is 18.0 Å². The number of pyridine rings is 1. The maximum atomic E-state index is 12.9. The summed E-state index contributed by atoms with van der Waals surface area (Å²) in [6.07, 6.45) is 0.555. The van der Waals surface area contributed by atoms with Crippen molar-refractivity contribution in [1.29, 1.82) is 0 Å². The van der Waals surface area contributed by atoms with Crippen molar-refractivity contribution in [3.63, 3.8) is 0 Å². The number of aryl methyl sites for hydroxylation is 1. The molecule has 0 aliphatic rings. The van der Waals surface area contributed by atoms with Gasteiger partial charge in [-0.15, -0.1) is 0 Å². The Morgan fingerprint density at radius 3 is 2.57 bits per heavy atom. The van der Waals surface area contributed by atoms with Gasteiger partial charge in [0.25, 0.3) is 0 Å². The Hall–Kier alpha value is -1.59. The highest BCUT2D eigenvalue weighted by Crippen LogP contribution is 2.28. The molecule has 0 fully saturated rings. The van der Waals surface area contributed by atoms with E-state index in [1.54, 1.807) is 0 Å². The first-order chi connectivity index (χ1) is 6.35. The van der Waals surface area contributed by atoms with Gasteiger partial charge in [-0.25, -0.2) is 9.18 Å². The quantitative estimate of drug-likeness (QED) is 0.799. The van der Waals surface area contributed by atoms with Gasteiger partial charge in [-0.3, -0.25) is 4.98 Å². The van der Waals surface area contributed by atoms with E-state index in [-0.39, 0.29) is 5.56 Å². The molecule has 0 saturated heterocycles. The highest BCUT2D eigenvalue weighted by atomic mass is 19.3. The molecule has 0 saturated carbocycles. The van der Waals surface area contributed by atoms with Crippen LogP contribution in [0.15, 0.2) is 12.3 Å². The number of hydrogen-bond acceptors (Lipinski definition) is 2. The molecule has 0 amide bonds. The Bertz CT molecular complexity index is 379. The van der Waals surface area contributed by atoms with Crippen LogP contribution in [0.5, 0.6) is 0 Å². The van der Waals surface area contributed by atoms with Crippen molar-refractivity contribution in [2.75, 3.05) is 0 Å². The molecule has 1 heterocycles. The molecule has 1 aromatic rings. The normalized spacial score (nSPS) is 11.4. The number of alkyl halides is 2. The van der Waals surface area contributed by atoms with Gasteiger partial charge in [0.2, 0.25) is 0 Å². The van der Waals surface area contributed by atoms with Gasteiger partial charge in [0.05, 0.1) is 6.20 Å². The van der Waals surface area contributed by atoms with Crippen LogP contribution in [0.2, 0.25) is 0 Å². The molecule has 1 aromatic heterocycles. The fourth-order valence-corrected chi connectivity index (χ4v) is 0.970. The fraction of sp³-hybridized carbons (Fsp3) is 0.250. The van der Waals surface area contributed by atoms with E-state index < -0.39 is 23.4 Å². The summed E-state index contributed by atoms with van der Waals surface area (Å²) in [6.45, 7) is 1.17. The van der Waals surface area contributed by atoms with Crippen molar-refractivity contribution in [3.8, 4) is 0 Å². The van der Waals surface area contributed by atoms with E-state index in [1.165, 1.54) is 6.92 Å². The van der Waals surface area contributed by atoms with E-state index in [4.69, 9.17) is 5.11 Å². The topological polar surface area (TPSA) is 50.2 Å². The van der Waals surface area contributed by atoms with Crippen LogP contribution in [0.3, 0.4) is 0 Å². The summed E-state index contributed by atoms with van der Waals surface area (Å²) in [4.78, 5) is 13.2. The van der Waals surface area contributed by atoms with Crippen LogP contribution in [-0.2, 0) is 10.7 Å². The minimum absolute atomic E-state index is 0.197. The standard InChI is InChI=1S/C8H6F3NO2/c1-4-2-5(9)3-12-6(4)8(10,11)7(13)14/h2-3H,1H3,(H,13,14). The SMILES string of the molecule is Cc1cc(F)cnc1C(F)(F)C(=O)O. The van der Waals surface area contributed by atoms with Crippen molar-refractivity contribution < 1.29 is 23.1 Å². The van der Waals surface area contributed by atoms with Gasteiger partial charge in [0, 0.05) is 0 Å². The number of aliphatic carboxylic acids is 1. The molecule has 1 N–H and O–H groups in total. The molecule has 1 rings (SSSR count). The van der Waals surface area contributed by atoms with E-state index in [0.29, 0.717) is 6.20 Å². The lowest BCUT2D eigenvalue weighted by Crippen LogP contribution is -2.27. The van der Waals surface area contributed by atoms with Gasteiger partial charge in [-0.2, -0.15) is 8.78 Å². The van der Waals surface area contributed by atoms with Crippen LogP contribution in [0.25, 0.3) is 0 Å². The molecule has 3 nitrogen and oxygen atoms in total. The third-order valence-corrected chi connectivity index (χ3v) is 1.61. The largest absolute Gasteiger partial charge is 0.476 e. The number of carboxylic acid groups (broad SMARTS) is 1. The van der Waals surface area contributed by atoms with Crippen molar-refractivity contribution in [2.24, 2.45) is 0 Å². The summed E-state index contributed by atoms with van der Waals surface area (Å²) < 4.78 is 38.3. The molecular weight excluding hydrogens is 199 g/mol. The summed E-state index contributed by atoms with van der Waals surface area (Å²) >= 11 is 0. The van der Waals surface area contributed by atoms with Gasteiger partial charge in [0.1, 0.15) is 11.5 Å². The zero-order valence-electron chi connectivity index (χ0n) is 7.09. The number of halogens is 3. The minimum Gasteiger partial charge on any atom is -0.476 e. The molecule has 0 radical (unpaired) electrons. The highest BCUT2D eigenvalue weighted by Gasteiger charge is 2.43. The number of rotatable bonds is 2. The highest BCUT2D eigenvalue weighted by molar-refractivity contribution is 5.77. The summed E-state index contributed by atoms with van der Waals surface area (Å²) in [5.74, 6) is -7.18. The van der Waals surface area contributed by atoms with Gasteiger partial charge in [-0.1, -0.05) is 0 Å². The molecule has 76 valence electrons. The second kappa shape index (κ2) is 3.28. The minimum atomic E-state index is -4.09. The third kappa shape index (κ3) is 1.68. The molecule has 0 aliphatic heterocycles. The van der Waals surface area contributed by atoms with Crippen LogP contribution in [0.4, 0.5) is 13.2 Å². The van der Waals surface area contributed by atoms with Crippen molar-refractivity contribution in [2.45, 2.75) is 12.8 Å². The van der Waals surface area contributed by atoms with Crippen LogP contribution < -0.4 is 0 Å². The van der Waals surface area contributed by atoms with Crippen molar-refractivity contribution >= 4 is 5.97 Å². The van der Waals surface area contributed by atoms with Crippen LogP contribution in [0.1, 0.15) is 11.3 Å². The Morgan fingerprint density at radius 1 is 1.57 bits per heavy atom. The Balaban J connectivity index is 3.26. The molecular formula is C8H6F3NO2. The molecule has 0 atom stereocenters. The predicted octanol–water partition coefficient (Wildman–Crippen LogP) is 1.71. The van der Waals surface area contributed by atoms with Crippen LogP contribution >= 0.6 is 0 Å². The smallest absolute Gasteiger partial charge is 0.384 e. The van der Waals surface area contributed by atoms with Crippen LogP contribution in [0, 0.1) is 12.7 Å². The number of hydrogen-bond donors (Lipinski definition) is 1. The van der Waals surface area contributed by atoms with Gasteiger partial charge >= 0.3 is 11.9 Å². The summed E-state index contributed by atoms with van der Waals surface area (Å²) in [5, 5.41) is 8.20. The van der Waals surface area contributed by atoms with Gasteiger partial charge in [-0.05, 0) is 18.6 Å². The lowest BCUT2D eigenvalue weighted by molar-refractivity contribution is -0.167. The molecule has 0 aliphatic carbocycles. The predicted molar refractivity (Wildman–Crippen MR) is 40.5 cm³/mol. The fourth-order valence-electron chi connectivity index (χ4n) is 0.970. The number of carbonyl (C=O) groups is 1. The molecule has 0 aromatic carbocycles. The Morgan fingerprint density at radius 2 is 2.14 bits per heavy atom. The lowest BCUT2D eigenvalue weighted by atomic mass is 10.1. The summed E-state index contributed by atoms with van der Waals surface area (Å²) in [7, 11) is 0. The summed E-state index contributed by atoms with van der Waals surface area (Å²) in [5.41, 5.74) is -1.14. The second-order valence-corrected chi connectivity index (χ2v) is 2.70. The van der Waals surface area contributed by atoms with E-state index in [0.717, 1.165) is 6.07 Å². The monoisotopic (exact) mass is 205 g/mol. The number of nitrogens with zero attached hydrogens (tertiary/aromatic N) is 1. The Labute approximate surface area is 77.2 Å². The van der Waals surface area contributed by atoms with E-state index in [1.807, 2.05) is 0 Å². The molecule has 14 heavy (non-hydrogen) atoms. The first kappa shape index (κ1) is 10.5. The zero-order chi connectivity index (χ0) is 10.9. The first-order valence-corrected chi connectivity index (χ1v) is 3.59. The van der Waals surface area contributed by atoms with E-state index >= 15 is 0 Å². The second-order valence-electron chi connectivity index (χ2n) is 2.70. The maximum Gasteiger partial charge on any atom is 0.384 e. The van der Waals surface area contributed by atoms with E-state index in [2.05, 4.69) is 4.98 Å². The molecule has 0 spiro atoms. The van der Waals surface area contributed by atoms with Crippen LogP contribution in [-0.4, -0.2) is 16.1 Å². The first-order valence-electron chi connectivity index (χ1n) is 3.59. The average Bonchev–Trinajstić information content (AvgIpc) is 2.02. The van der Waals surface area contributed by atoms with Gasteiger partial charge < -0.3 is 5.11 Å². The van der Waals surface area contributed by atoms with Crippen molar-refractivity contribution in [1.82, 2.24) is 4.98 Å². The lowest BCUT2D eigenvalue weighted by Gasteiger charge is -2.12. The maximum absolute atomic E-state index is 12.9. The number of aromatic nitrogens is 1. The molecule has 0 bridgehead atoms. The zero-order valence-corrected chi connectivity index (χ0v) is 7.09. The molecule has 0 unspecified atom stereocenters. The van der Waals surface area contributed by atoms with Gasteiger partial charge in [0.15, 0.2) is 0 Å². The number of carboxylic acids is 1. The Kier molecular flexibility index (Phi) is 2.46. The average molecular weight is 205 g/mol. The third-order valence-electron chi connectivity index (χ3n) is 1.61.